The summed E-state index contributed by atoms with van der Waals surface area (Å²) in [5, 5.41) is 4.13. The van der Waals surface area contributed by atoms with Crippen LogP contribution in [0.15, 0.2) is 36.4 Å². The van der Waals surface area contributed by atoms with Crippen LogP contribution >= 0.6 is 0 Å². The molecule has 0 saturated carbocycles. The van der Waals surface area contributed by atoms with Crippen LogP contribution in [0.3, 0.4) is 0 Å². The topological polar surface area (TPSA) is 93.7 Å². The third kappa shape index (κ3) is 6.52. The van der Waals surface area contributed by atoms with E-state index in [-0.39, 0.29) is 6.42 Å². The summed E-state index contributed by atoms with van der Waals surface area (Å²) in [5.41, 5.74) is 0.0817. The van der Waals surface area contributed by atoms with Crippen LogP contribution in [0.2, 0.25) is 0 Å². The minimum absolute atomic E-state index is 0.0623. The summed E-state index contributed by atoms with van der Waals surface area (Å²) in [6.07, 6.45) is -0.0623. The second-order valence-electron chi connectivity index (χ2n) is 5.73. The molecule has 29 heavy (non-hydrogen) atoms. The van der Waals surface area contributed by atoms with Crippen LogP contribution in [0.4, 0.5) is 18.9 Å². The Labute approximate surface area is 163 Å². The molecule has 0 atom stereocenters. The Morgan fingerprint density at radius 3 is 2.28 bits per heavy atom. The van der Waals surface area contributed by atoms with E-state index in [4.69, 9.17) is 9.47 Å². The van der Waals surface area contributed by atoms with E-state index >= 15 is 0 Å². The number of esters is 1. The Morgan fingerprint density at radius 2 is 1.62 bits per heavy atom. The van der Waals surface area contributed by atoms with Gasteiger partial charge < -0.3 is 20.1 Å². The van der Waals surface area contributed by atoms with E-state index in [2.05, 4.69) is 5.32 Å². The van der Waals surface area contributed by atoms with E-state index in [0.717, 1.165) is 6.07 Å². The highest BCUT2D eigenvalue weighted by atomic mass is 19.2. The normalized spacial score (nSPS) is 10.2. The van der Waals surface area contributed by atoms with Gasteiger partial charge in [-0.15, -0.1) is 0 Å². The second-order valence-corrected chi connectivity index (χ2v) is 5.73. The third-order valence-electron chi connectivity index (χ3n) is 3.63. The summed E-state index contributed by atoms with van der Waals surface area (Å²) in [6.45, 7) is -1.21. The van der Waals surface area contributed by atoms with E-state index in [1.807, 2.05) is 5.32 Å². The van der Waals surface area contributed by atoms with Gasteiger partial charge in [-0.25, -0.2) is 13.2 Å². The highest BCUT2D eigenvalue weighted by Crippen LogP contribution is 2.19. The predicted molar refractivity (Wildman–Crippen MR) is 95.6 cm³/mol. The standard InChI is InChI=1S/C19H17F3N2O5/c1-28-12-4-2-11(3-5-12)8-17(27)29-10-16(26)23-9-15(25)24-14-7-6-13(20)18(21)19(14)22/h2-7H,8-10H2,1H3,(H,23,26)(H,24,25). The highest BCUT2D eigenvalue weighted by Gasteiger charge is 2.16. The molecule has 2 N–H and O–H groups in total. The number of hydrogen-bond acceptors (Lipinski definition) is 5. The molecule has 0 spiro atoms. The van der Waals surface area contributed by atoms with Gasteiger partial charge in [0.15, 0.2) is 24.1 Å². The lowest BCUT2D eigenvalue weighted by Crippen LogP contribution is -2.35. The second kappa shape index (κ2) is 10.1. The number of carbonyl (C=O) groups is 3. The van der Waals surface area contributed by atoms with Gasteiger partial charge in [0.1, 0.15) is 5.75 Å². The van der Waals surface area contributed by atoms with Gasteiger partial charge >= 0.3 is 5.97 Å². The smallest absolute Gasteiger partial charge is 0.310 e. The number of methoxy groups -OCH3 is 1. The summed E-state index contributed by atoms with van der Waals surface area (Å²) in [5.74, 6) is -6.36. The highest BCUT2D eigenvalue weighted by molar-refractivity contribution is 5.95. The van der Waals surface area contributed by atoms with Crippen LogP contribution < -0.4 is 15.4 Å². The maximum Gasteiger partial charge on any atom is 0.310 e. The largest absolute Gasteiger partial charge is 0.497 e. The zero-order valence-corrected chi connectivity index (χ0v) is 15.3. The number of benzene rings is 2. The van der Waals surface area contributed by atoms with Crippen molar-refractivity contribution in [1.82, 2.24) is 5.32 Å². The first-order valence-corrected chi connectivity index (χ1v) is 8.28. The molecule has 2 amide bonds. The van der Waals surface area contributed by atoms with Crippen LogP contribution in [0.1, 0.15) is 5.56 Å². The van der Waals surface area contributed by atoms with Crippen molar-refractivity contribution in [3.63, 3.8) is 0 Å². The Kier molecular flexibility index (Phi) is 7.58. The number of carbonyl (C=O) groups excluding carboxylic acids is 3. The molecule has 0 fully saturated rings. The van der Waals surface area contributed by atoms with E-state index in [0.29, 0.717) is 17.4 Å². The quantitative estimate of drug-likeness (QED) is 0.513. The lowest BCUT2D eigenvalue weighted by atomic mass is 10.1. The van der Waals surface area contributed by atoms with Crippen LogP contribution in [-0.4, -0.2) is 38.0 Å². The van der Waals surface area contributed by atoms with Crippen molar-refractivity contribution in [3.8, 4) is 5.75 Å². The molecule has 0 aliphatic rings. The fraction of sp³-hybridized carbons (Fsp3) is 0.211. The number of rotatable bonds is 8. The molecule has 2 aromatic carbocycles. The summed E-state index contributed by atoms with van der Waals surface area (Å²) >= 11 is 0. The fourth-order valence-electron chi connectivity index (χ4n) is 2.15. The van der Waals surface area contributed by atoms with Gasteiger partial charge in [0, 0.05) is 0 Å². The van der Waals surface area contributed by atoms with Crippen molar-refractivity contribution in [1.29, 1.82) is 0 Å². The first-order valence-electron chi connectivity index (χ1n) is 8.28. The number of halogens is 3. The monoisotopic (exact) mass is 410 g/mol. The van der Waals surface area contributed by atoms with E-state index in [1.54, 1.807) is 24.3 Å². The number of nitrogens with one attached hydrogen (secondary N) is 2. The molecule has 0 aliphatic heterocycles. The molecule has 2 rings (SSSR count). The maximum absolute atomic E-state index is 13.5. The minimum atomic E-state index is -1.73. The molecular formula is C19H17F3N2O5. The number of ether oxygens (including phenoxy) is 2. The molecule has 7 nitrogen and oxygen atoms in total. The summed E-state index contributed by atoms with van der Waals surface area (Å²) < 4.78 is 49.2. The average molecular weight is 410 g/mol. The summed E-state index contributed by atoms with van der Waals surface area (Å²) in [6, 6.07) is 8.17. The van der Waals surface area contributed by atoms with Crippen LogP contribution in [0, 0.1) is 17.5 Å². The van der Waals surface area contributed by atoms with Crippen molar-refractivity contribution >= 4 is 23.5 Å². The number of hydrogen-bond donors (Lipinski definition) is 2. The third-order valence-corrected chi connectivity index (χ3v) is 3.63. The van der Waals surface area contributed by atoms with E-state index in [1.165, 1.54) is 7.11 Å². The van der Waals surface area contributed by atoms with Crippen molar-refractivity contribution in [2.45, 2.75) is 6.42 Å². The SMILES string of the molecule is COc1ccc(CC(=O)OCC(=O)NCC(=O)Nc2ccc(F)c(F)c2F)cc1. The summed E-state index contributed by atoms with van der Waals surface area (Å²) in [7, 11) is 1.51. The Balaban J connectivity index is 1.72. The molecule has 0 unspecified atom stereocenters. The lowest BCUT2D eigenvalue weighted by molar-refractivity contribution is -0.147. The predicted octanol–water partition coefficient (Wildman–Crippen LogP) is 1.95. The fourth-order valence-corrected chi connectivity index (χ4v) is 2.15. The maximum atomic E-state index is 13.5. The van der Waals surface area contributed by atoms with Crippen LogP contribution in [0.5, 0.6) is 5.75 Å². The van der Waals surface area contributed by atoms with Crippen molar-refractivity contribution in [2.75, 3.05) is 25.6 Å². The molecule has 0 aliphatic carbocycles. The molecule has 0 bridgehead atoms. The summed E-state index contributed by atoms with van der Waals surface area (Å²) in [4.78, 5) is 35.0. The minimum Gasteiger partial charge on any atom is -0.497 e. The zero-order valence-electron chi connectivity index (χ0n) is 15.3. The molecule has 0 radical (unpaired) electrons. The molecule has 2 aromatic rings. The Hall–Kier alpha value is -3.56. The molecule has 154 valence electrons. The number of amides is 2. The van der Waals surface area contributed by atoms with Gasteiger partial charge in [-0.05, 0) is 29.8 Å². The van der Waals surface area contributed by atoms with Crippen molar-refractivity contribution < 1.29 is 37.0 Å². The van der Waals surface area contributed by atoms with Crippen LogP contribution in [-0.2, 0) is 25.5 Å². The van der Waals surface area contributed by atoms with Gasteiger partial charge in [0.05, 0.1) is 25.8 Å². The molecule has 10 heteroatoms. The lowest BCUT2D eigenvalue weighted by Gasteiger charge is -2.09. The van der Waals surface area contributed by atoms with E-state index in [9.17, 15) is 27.6 Å². The molecule has 0 aromatic heterocycles. The van der Waals surface area contributed by atoms with Gasteiger partial charge in [0.2, 0.25) is 5.91 Å². The van der Waals surface area contributed by atoms with Gasteiger partial charge in [-0.2, -0.15) is 0 Å². The number of anilines is 1. The van der Waals surface area contributed by atoms with Gasteiger partial charge in [-0.3, -0.25) is 14.4 Å². The first-order chi connectivity index (χ1) is 13.8. The molecule has 0 saturated heterocycles. The average Bonchev–Trinajstić information content (AvgIpc) is 2.71. The van der Waals surface area contributed by atoms with Gasteiger partial charge in [-0.1, -0.05) is 12.1 Å². The van der Waals surface area contributed by atoms with Gasteiger partial charge in [0.25, 0.3) is 5.91 Å². The van der Waals surface area contributed by atoms with E-state index < -0.39 is 54.1 Å². The van der Waals surface area contributed by atoms with Crippen molar-refractivity contribution in [2.24, 2.45) is 0 Å². The first kappa shape index (κ1) is 21.7. The van der Waals surface area contributed by atoms with Crippen molar-refractivity contribution in [3.05, 3.63) is 59.4 Å². The Bertz CT molecular complexity index is 903. The molecule has 0 heterocycles. The Morgan fingerprint density at radius 1 is 0.931 bits per heavy atom. The molecular weight excluding hydrogens is 393 g/mol. The van der Waals surface area contributed by atoms with Crippen LogP contribution in [0.25, 0.3) is 0 Å². The zero-order chi connectivity index (χ0) is 21.4.